The number of nitrogens with one attached hydrogen (secondary N) is 1. The molecule has 0 bridgehead atoms. The predicted octanol–water partition coefficient (Wildman–Crippen LogP) is 3.36. The number of hydrogen-bond donors (Lipinski definition) is 1. The minimum Gasteiger partial charge on any atom is -0.333 e. The normalized spacial score (nSPS) is 11.7. The molecule has 0 aliphatic rings. The number of benzene rings is 1. The number of halogens is 3. The van der Waals surface area contributed by atoms with E-state index < -0.39 is 17.5 Å². The first kappa shape index (κ1) is 13.4. The largest absolute Gasteiger partial charge is 0.333 e. The first-order valence-corrected chi connectivity index (χ1v) is 5.53. The highest BCUT2D eigenvalue weighted by Gasteiger charge is 2.18. The smallest absolute Gasteiger partial charge is 0.322 e. The molecule has 0 saturated heterocycles. The molecule has 1 heterocycles. The summed E-state index contributed by atoms with van der Waals surface area (Å²) in [6.07, 6.45) is 0. The van der Waals surface area contributed by atoms with Crippen molar-refractivity contribution in [3.05, 3.63) is 29.6 Å². The predicted molar refractivity (Wildman–Crippen MR) is 63.0 cm³/mol. The Hall–Kier alpha value is -2.05. The van der Waals surface area contributed by atoms with E-state index in [0.29, 0.717) is 0 Å². The monoisotopic (exact) mass is 271 g/mol. The summed E-state index contributed by atoms with van der Waals surface area (Å²) in [5.74, 6) is -4.15. The second-order valence-electron chi connectivity index (χ2n) is 5.05. The van der Waals surface area contributed by atoms with E-state index in [9.17, 15) is 13.2 Å². The fourth-order valence-electron chi connectivity index (χ4n) is 1.40. The van der Waals surface area contributed by atoms with Gasteiger partial charge in [-0.25, -0.2) is 13.2 Å². The van der Waals surface area contributed by atoms with Crippen molar-refractivity contribution in [1.82, 2.24) is 10.1 Å². The average molecular weight is 271 g/mol. The minimum absolute atomic E-state index is 0.00195. The molecule has 0 atom stereocenters. The molecule has 0 aliphatic heterocycles. The Morgan fingerprint density at radius 1 is 1.11 bits per heavy atom. The highest BCUT2D eigenvalue weighted by atomic mass is 19.2. The summed E-state index contributed by atoms with van der Waals surface area (Å²) in [4.78, 5) is 3.93. The Morgan fingerprint density at radius 3 is 2.21 bits per heavy atom. The third-order valence-corrected chi connectivity index (χ3v) is 2.15. The molecular formula is C12H12F3N3O. The molecule has 0 fully saturated rings. The van der Waals surface area contributed by atoms with Crippen molar-refractivity contribution in [2.45, 2.75) is 26.3 Å². The van der Waals surface area contributed by atoms with E-state index in [1.807, 2.05) is 20.8 Å². The summed E-state index contributed by atoms with van der Waals surface area (Å²) in [5, 5.41) is 6.49. The van der Waals surface area contributed by atoms with Crippen LogP contribution >= 0.6 is 0 Å². The van der Waals surface area contributed by atoms with Crippen molar-refractivity contribution in [1.29, 1.82) is 0 Å². The van der Waals surface area contributed by atoms with Crippen molar-refractivity contribution < 1.29 is 17.7 Å². The Kier molecular flexibility index (Phi) is 3.21. The van der Waals surface area contributed by atoms with Crippen LogP contribution in [-0.2, 0) is 0 Å². The first-order valence-electron chi connectivity index (χ1n) is 5.53. The SMILES string of the molecule is CC(C)(C)Nc1nc(-c2cc(F)c(F)c(F)c2)no1. The van der Waals surface area contributed by atoms with Crippen LogP contribution in [0.15, 0.2) is 16.7 Å². The molecule has 1 aromatic carbocycles. The van der Waals surface area contributed by atoms with E-state index in [1.54, 1.807) is 0 Å². The minimum atomic E-state index is -1.53. The van der Waals surface area contributed by atoms with Gasteiger partial charge < -0.3 is 9.84 Å². The molecule has 4 nitrogen and oxygen atoms in total. The molecule has 0 aliphatic carbocycles. The van der Waals surface area contributed by atoms with Gasteiger partial charge in [-0.2, -0.15) is 4.98 Å². The molecule has 1 N–H and O–H groups in total. The molecule has 0 radical (unpaired) electrons. The van der Waals surface area contributed by atoms with Gasteiger partial charge >= 0.3 is 6.01 Å². The highest BCUT2D eigenvalue weighted by Crippen LogP contribution is 2.23. The lowest BCUT2D eigenvalue weighted by molar-refractivity contribution is 0.420. The van der Waals surface area contributed by atoms with Crippen LogP contribution in [0.1, 0.15) is 20.8 Å². The second kappa shape index (κ2) is 4.56. The maximum Gasteiger partial charge on any atom is 0.322 e. The van der Waals surface area contributed by atoms with Gasteiger partial charge in [0.2, 0.25) is 5.82 Å². The quantitative estimate of drug-likeness (QED) is 0.851. The topological polar surface area (TPSA) is 51.0 Å². The Bertz CT molecular complexity index is 582. The Labute approximate surface area is 107 Å². The van der Waals surface area contributed by atoms with Crippen LogP contribution in [0, 0.1) is 17.5 Å². The fraction of sp³-hybridized carbons (Fsp3) is 0.333. The van der Waals surface area contributed by atoms with E-state index in [1.165, 1.54) is 0 Å². The zero-order chi connectivity index (χ0) is 14.2. The second-order valence-corrected chi connectivity index (χ2v) is 5.05. The van der Waals surface area contributed by atoms with Crippen LogP contribution in [0.25, 0.3) is 11.4 Å². The van der Waals surface area contributed by atoms with Crippen LogP contribution < -0.4 is 5.32 Å². The van der Waals surface area contributed by atoms with E-state index in [4.69, 9.17) is 4.52 Å². The summed E-state index contributed by atoms with van der Waals surface area (Å²) >= 11 is 0. The molecule has 1 aromatic heterocycles. The molecule has 102 valence electrons. The third-order valence-electron chi connectivity index (χ3n) is 2.15. The molecular weight excluding hydrogens is 259 g/mol. The van der Waals surface area contributed by atoms with Gasteiger partial charge in [-0.15, -0.1) is 0 Å². The fourth-order valence-corrected chi connectivity index (χ4v) is 1.40. The first-order chi connectivity index (χ1) is 8.76. The summed E-state index contributed by atoms with van der Waals surface area (Å²) in [6, 6.07) is 1.74. The number of rotatable bonds is 2. The van der Waals surface area contributed by atoms with Crippen molar-refractivity contribution in [3.63, 3.8) is 0 Å². The number of nitrogens with zero attached hydrogens (tertiary/aromatic N) is 2. The molecule has 0 amide bonds. The summed E-state index contributed by atoms with van der Waals surface area (Å²) in [5.41, 5.74) is -0.301. The van der Waals surface area contributed by atoms with Gasteiger partial charge in [0.05, 0.1) is 0 Å². The van der Waals surface area contributed by atoms with Crippen molar-refractivity contribution in [3.8, 4) is 11.4 Å². The lowest BCUT2D eigenvalue weighted by Crippen LogP contribution is -2.26. The summed E-state index contributed by atoms with van der Waals surface area (Å²) in [6.45, 7) is 5.65. The molecule has 0 spiro atoms. The van der Waals surface area contributed by atoms with Gasteiger partial charge in [0.25, 0.3) is 0 Å². The molecule has 0 saturated carbocycles. The van der Waals surface area contributed by atoms with E-state index >= 15 is 0 Å². The number of aromatic nitrogens is 2. The Morgan fingerprint density at radius 2 is 1.68 bits per heavy atom. The van der Waals surface area contributed by atoms with Gasteiger partial charge in [-0.1, -0.05) is 5.16 Å². The standard InChI is InChI=1S/C12H12F3N3O/c1-12(2,3)17-11-16-10(18-19-11)6-4-7(13)9(15)8(14)5-6/h4-5H,1-3H3,(H,16,17,18). The van der Waals surface area contributed by atoms with Gasteiger partial charge in [0.15, 0.2) is 17.5 Å². The van der Waals surface area contributed by atoms with Crippen LogP contribution in [0.2, 0.25) is 0 Å². The summed E-state index contributed by atoms with van der Waals surface area (Å²) < 4.78 is 43.9. The van der Waals surface area contributed by atoms with Crippen LogP contribution in [0.5, 0.6) is 0 Å². The maximum atomic E-state index is 13.1. The van der Waals surface area contributed by atoms with Crippen LogP contribution in [-0.4, -0.2) is 15.7 Å². The zero-order valence-electron chi connectivity index (χ0n) is 10.6. The lowest BCUT2D eigenvalue weighted by Gasteiger charge is -2.17. The molecule has 19 heavy (non-hydrogen) atoms. The van der Waals surface area contributed by atoms with Crippen LogP contribution in [0.4, 0.5) is 19.2 Å². The molecule has 2 rings (SSSR count). The average Bonchev–Trinajstić information content (AvgIpc) is 2.71. The molecule has 7 heteroatoms. The van der Waals surface area contributed by atoms with E-state index in [0.717, 1.165) is 12.1 Å². The lowest BCUT2D eigenvalue weighted by atomic mass is 10.1. The number of anilines is 1. The number of hydrogen-bond acceptors (Lipinski definition) is 4. The third kappa shape index (κ3) is 3.04. The Balaban J connectivity index is 2.33. The van der Waals surface area contributed by atoms with E-state index in [-0.39, 0.29) is 22.9 Å². The summed E-state index contributed by atoms with van der Waals surface area (Å²) in [7, 11) is 0. The zero-order valence-corrected chi connectivity index (χ0v) is 10.6. The van der Waals surface area contributed by atoms with E-state index in [2.05, 4.69) is 15.5 Å². The van der Waals surface area contributed by atoms with Gasteiger partial charge in [-0.05, 0) is 32.9 Å². The maximum absolute atomic E-state index is 13.1. The van der Waals surface area contributed by atoms with Gasteiger partial charge in [-0.3, -0.25) is 0 Å². The van der Waals surface area contributed by atoms with Crippen molar-refractivity contribution in [2.75, 3.05) is 5.32 Å². The van der Waals surface area contributed by atoms with Gasteiger partial charge in [0.1, 0.15) is 0 Å². The molecule has 0 unspecified atom stereocenters. The highest BCUT2D eigenvalue weighted by molar-refractivity contribution is 5.55. The van der Waals surface area contributed by atoms with Crippen molar-refractivity contribution in [2.24, 2.45) is 0 Å². The van der Waals surface area contributed by atoms with Crippen molar-refractivity contribution >= 4 is 6.01 Å². The molecule has 2 aromatic rings. The van der Waals surface area contributed by atoms with Crippen LogP contribution in [0.3, 0.4) is 0 Å². The van der Waals surface area contributed by atoms with Gasteiger partial charge in [0, 0.05) is 11.1 Å².